The molecule has 1 aliphatic heterocycles. The summed E-state index contributed by atoms with van der Waals surface area (Å²) in [5.74, 6) is 0.544. The van der Waals surface area contributed by atoms with Crippen molar-refractivity contribution < 1.29 is 9.53 Å². The Balaban J connectivity index is 1.64. The van der Waals surface area contributed by atoms with Crippen LogP contribution in [0, 0.1) is 6.92 Å². The molecule has 0 aliphatic carbocycles. The van der Waals surface area contributed by atoms with Crippen molar-refractivity contribution in [2.45, 2.75) is 25.9 Å². The zero-order valence-electron chi connectivity index (χ0n) is 12.3. The lowest BCUT2D eigenvalue weighted by molar-refractivity contribution is 0.0514. The zero-order chi connectivity index (χ0) is 15.4. The molecular formula is C15H17N5O2. The van der Waals surface area contributed by atoms with Gasteiger partial charge >= 0.3 is 0 Å². The molecule has 114 valence electrons. The molecule has 1 unspecified atom stereocenters. The minimum atomic E-state index is -0.163. The number of ether oxygens (including phenoxy) is 1. The lowest BCUT2D eigenvalue weighted by atomic mass is 10.1. The van der Waals surface area contributed by atoms with E-state index in [9.17, 15) is 4.79 Å². The lowest BCUT2D eigenvalue weighted by Crippen LogP contribution is -2.45. The molecule has 0 N–H and O–H groups in total. The maximum absolute atomic E-state index is 12.4. The number of aromatic nitrogens is 4. The number of aryl methyl sites for hydroxylation is 1. The Labute approximate surface area is 128 Å². The predicted molar refractivity (Wildman–Crippen MR) is 78.4 cm³/mol. The molecule has 1 saturated heterocycles. The van der Waals surface area contributed by atoms with Gasteiger partial charge in [-0.2, -0.15) is 5.10 Å². The van der Waals surface area contributed by atoms with Crippen molar-refractivity contribution in [3.8, 4) is 5.88 Å². The number of hydrogen-bond acceptors (Lipinski definition) is 6. The summed E-state index contributed by atoms with van der Waals surface area (Å²) in [4.78, 5) is 22.1. The van der Waals surface area contributed by atoms with Crippen LogP contribution < -0.4 is 4.74 Å². The number of likely N-dealkylation sites (tertiary alicyclic amines) is 1. The van der Waals surface area contributed by atoms with Crippen molar-refractivity contribution in [1.29, 1.82) is 0 Å². The van der Waals surface area contributed by atoms with E-state index in [1.807, 2.05) is 13.0 Å². The van der Waals surface area contributed by atoms with E-state index in [1.165, 1.54) is 0 Å². The zero-order valence-corrected chi connectivity index (χ0v) is 12.3. The molecule has 7 nitrogen and oxygen atoms in total. The van der Waals surface area contributed by atoms with Gasteiger partial charge < -0.3 is 9.64 Å². The Hall–Kier alpha value is -2.57. The van der Waals surface area contributed by atoms with Crippen molar-refractivity contribution in [2.75, 3.05) is 13.1 Å². The Morgan fingerprint density at radius 1 is 1.27 bits per heavy atom. The van der Waals surface area contributed by atoms with E-state index in [4.69, 9.17) is 4.74 Å². The third-order valence-electron chi connectivity index (χ3n) is 3.48. The highest BCUT2D eigenvalue weighted by atomic mass is 16.5. The summed E-state index contributed by atoms with van der Waals surface area (Å²) in [6, 6.07) is 5.34. The first-order valence-corrected chi connectivity index (χ1v) is 7.25. The van der Waals surface area contributed by atoms with Gasteiger partial charge in [0.15, 0.2) is 0 Å². The summed E-state index contributed by atoms with van der Waals surface area (Å²) in [5, 5.41) is 7.97. The minimum absolute atomic E-state index is 0.0848. The number of piperidine rings is 1. The van der Waals surface area contributed by atoms with E-state index in [-0.39, 0.29) is 17.8 Å². The van der Waals surface area contributed by atoms with Crippen LogP contribution in [-0.2, 0) is 0 Å². The van der Waals surface area contributed by atoms with Gasteiger partial charge in [0.05, 0.1) is 12.2 Å². The Morgan fingerprint density at radius 2 is 2.09 bits per heavy atom. The monoisotopic (exact) mass is 299 g/mol. The molecule has 0 bridgehead atoms. The summed E-state index contributed by atoms with van der Waals surface area (Å²) in [6.45, 7) is 3.07. The van der Waals surface area contributed by atoms with Crippen LogP contribution in [0.1, 0.15) is 29.2 Å². The molecule has 0 spiro atoms. The first-order valence-electron chi connectivity index (χ1n) is 7.25. The number of hydrogen-bond donors (Lipinski definition) is 0. The van der Waals surface area contributed by atoms with Crippen LogP contribution in [0.2, 0.25) is 0 Å². The highest BCUT2D eigenvalue weighted by Gasteiger charge is 2.27. The van der Waals surface area contributed by atoms with Gasteiger partial charge in [-0.25, -0.2) is 9.97 Å². The second kappa shape index (κ2) is 6.46. The van der Waals surface area contributed by atoms with Gasteiger partial charge in [0.1, 0.15) is 6.10 Å². The molecule has 0 saturated carbocycles. The lowest BCUT2D eigenvalue weighted by Gasteiger charge is -2.32. The summed E-state index contributed by atoms with van der Waals surface area (Å²) in [5.41, 5.74) is 0.842. The number of nitrogens with zero attached hydrogens (tertiary/aromatic N) is 5. The first-order chi connectivity index (χ1) is 10.7. The third kappa shape index (κ3) is 3.36. The summed E-state index contributed by atoms with van der Waals surface area (Å²) in [7, 11) is 0. The normalized spacial score (nSPS) is 18.0. The van der Waals surface area contributed by atoms with Gasteiger partial charge in [0.25, 0.3) is 5.91 Å². The molecule has 1 aliphatic rings. The quantitative estimate of drug-likeness (QED) is 0.848. The summed E-state index contributed by atoms with van der Waals surface area (Å²) in [6.07, 6.45) is 4.82. The molecule has 7 heteroatoms. The smallest absolute Gasteiger partial charge is 0.291 e. The van der Waals surface area contributed by atoms with Crippen LogP contribution in [0.15, 0.2) is 30.6 Å². The number of rotatable bonds is 3. The van der Waals surface area contributed by atoms with Gasteiger partial charge in [0, 0.05) is 25.0 Å². The van der Waals surface area contributed by atoms with Crippen LogP contribution >= 0.6 is 0 Å². The molecule has 1 fully saturated rings. The van der Waals surface area contributed by atoms with Crippen molar-refractivity contribution in [2.24, 2.45) is 0 Å². The maximum Gasteiger partial charge on any atom is 0.291 e. The molecule has 22 heavy (non-hydrogen) atoms. The van der Waals surface area contributed by atoms with E-state index in [1.54, 1.807) is 29.4 Å². The van der Waals surface area contributed by atoms with Crippen LogP contribution in [0.25, 0.3) is 0 Å². The van der Waals surface area contributed by atoms with Crippen LogP contribution in [-0.4, -0.2) is 50.2 Å². The average Bonchev–Trinajstić information content (AvgIpc) is 2.57. The van der Waals surface area contributed by atoms with Crippen molar-refractivity contribution >= 4 is 5.91 Å². The molecule has 1 amide bonds. The van der Waals surface area contributed by atoms with Gasteiger partial charge in [-0.05, 0) is 31.9 Å². The largest absolute Gasteiger partial charge is 0.471 e. The highest BCUT2D eigenvalue weighted by Crippen LogP contribution is 2.17. The van der Waals surface area contributed by atoms with E-state index >= 15 is 0 Å². The molecule has 3 heterocycles. The van der Waals surface area contributed by atoms with Crippen LogP contribution in [0.5, 0.6) is 5.88 Å². The van der Waals surface area contributed by atoms with E-state index in [2.05, 4.69) is 20.2 Å². The highest BCUT2D eigenvalue weighted by molar-refractivity contribution is 5.90. The van der Waals surface area contributed by atoms with E-state index in [0.29, 0.717) is 19.0 Å². The molecule has 0 radical (unpaired) electrons. The predicted octanol–water partition coefficient (Wildman–Crippen LogP) is 1.26. The van der Waals surface area contributed by atoms with E-state index < -0.39 is 0 Å². The Kier molecular flexibility index (Phi) is 4.22. The molecule has 1 atom stereocenters. The van der Waals surface area contributed by atoms with Gasteiger partial charge in [-0.1, -0.05) is 0 Å². The van der Waals surface area contributed by atoms with Crippen LogP contribution in [0.4, 0.5) is 0 Å². The van der Waals surface area contributed by atoms with Crippen LogP contribution in [0.3, 0.4) is 0 Å². The summed E-state index contributed by atoms with van der Waals surface area (Å²) < 4.78 is 5.82. The Morgan fingerprint density at radius 3 is 2.82 bits per heavy atom. The first kappa shape index (κ1) is 14.4. The number of carbonyl (C=O) groups excluding carboxylic acids is 1. The molecule has 2 aromatic heterocycles. The average molecular weight is 299 g/mol. The van der Waals surface area contributed by atoms with Gasteiger partial charge in [0.2, 0.25) is 11.7 Å². The Bertz CT molecular complexity index is 632. The minimum Gasteiger partial charge on any atom is -0.471 e. The fraction of sp³-hybridized carbons (Fsp3) is 0.400. The van der Waals surface area contributed by atoms with Crippen molar-refractivity contribution in [3.05, 3.63) is 42.1 Å². The third-order valence-corrected chi connectivity index (χ3v) is 3.48. The molecule has 2 aromatic rings. The summed E-state index contributed by atoms with van der Waals surface area (Å²) >= 11 is 0. The van der Waals surface area contributed by atoms with Crippen molar-refractivity contribution in [1.82, 2.24) is 25.1 Å². The molecular weight excluding hydrogens is 282 g/mol. The fourth-order valence-electron chi connectivity index (χ4n) is 2.39. The standard InChI is InChI=1S/C15H17N5O2/c1-11-5-6-13(19-18-11)22-12-4-2-9-20(10-12)15(21)14-16-7-3-8-17-14/h3,5-8,12H,2,4,9-10H2,1H3. The van der Waals surface area contributed by atoms with Crippen molar-refractivity contribution in [3.63, 3.8) is 0 Å². The second-order valence-electron chi connectivity index (χ2n) is 5.22. The fourth-order valence-corrected chi connectivity index (χ4v) is 2.39. The molecule has 3 rings (SSSR count). The molecule has 0 aromatic carbocycles. The van der Waals surface area contributed by atoms with Gasteiger partial charge in [-0.3, -0.25) is 4.79 Å². The SMILES string of the molecule is Cc1ccc(OC2CCCN(C(=O)c3ncccn3)C2)nn1. The maximum atomic E-state index is 12.4. The van der Waals surface area contributed by atoms with Gasteiger partial charge in [-0.15, -0.1) is 5.10 Å². The topological polar surface area (TPSA) is 81.1 Å². The van der Waals surface area contributed by atoms with E-state index in [0.717, 1.165) is 18.5 Å². The number of amides is 1. The second-order valence-corrected chi connectivity index (χ2v) is 5.22. The number of carbonyl (C=O) groups is 1.